The third kappa shape index (κ3) is 7.36. The Kier molecular flexibility index (Phi) is 9.12. The molecule has 0 atom stereocenters. The number of benzene rings is 2. The third-order valence-corrected chi connectivity index (χ3v) is 5.14. The van der Waals surface area contributed by atoms with Gasteiger partial charge in [-0.15, -0.1) is 11.8 Å². The van der Waals surface area contributed by atoms with E-state index in [2.05, 4.69) is 10.6 Å². The molecule has 2 N–H and O–H groups in total. The summed E-state index contributed by atoms with van der Waals surface area (Å²) in [6, 6.07) is 12.5. The van der Waals surface area contributed by atoms with Gasteiger partial charge in [-0.05, 0) is 61.7 Å². The van der Waals surface area contributed by atoms with Crippen molar-refractivity contribution in [2.45, 2.75) is 18.2 Å². The highest BCUT2D eigenvalue weighted by molar-refractivity contribution is 7.98. The average molecular weight is 440 g/mol. The summed E-state index contributed by atoms with van der Waals surface area (Å²) in [4.78, 5) is 27.6. The lowest BCUT2D eigenvalue weighted by atomic mass is 10.3. The molecule has 0 unspecified atom stereocenters. The van der Waals surface area contributed by atoms with Crippen molar-refractivity contribution in [2.75, 3.05) is 36.5 Å². The van der Waals surface area contributed by atoms with Crippen LogP contribution in [0.1, 0.15) is 13.3 Å². The molecule has 0 spiro atoms. The quantitative estimate of drug-likeness (QED) is 0.539. The number of rotatable bonds is 9. The van der Waals surface area contributed by atoms with Crippen LogP contribution >= 0.6 is 35.0 Å². The van der Waals surface area contributed by atoms with Gasteiger partial charge in [0, 0.05) is 15.6 Å². The van der Waals surface area contributed by atoms with E-state index >= 15 is 0 Å². The van der Waals surface area contributed by atoms with Gasteiger partial charge in [0.1, 0.15) is 0 Å². The first-order valence-electron chi connectivity index (χ1n) is 8.82. The fraction of sp³-hybridized carbons (Fsp3) is 0.300. The SMILES string of the molecule is CCCN(CC(=O)Nc1ccc(SC)cc1)CC(=O)Nc1ccc(Cl)cc1Cl. The Hall–Kier alpha value is -1.73. The molecule has 150 valence electrons. The van der Waals surface area contributed by atoms with Crippen LogP contribution in [0, 0.1) is 0 Å². The summed E-state index contributed by atoms with van der Waals surface area (Å²) in [5.41, 5.74) is 1.22. The van der Waals surface area contributed by atoms with Crippen LogP contribution in [0.5, 0.6) is 0 Å². The third-order valence-electron chi connectivity index (χ3n) is 3.85. The summed E-state index contributed by atoms with van der Waals surface area (Å²) < 4.78 is 0. The lowest BCUT2D eigenvalue weighted by Crippen LogP contribution is -2.39. The van der Waals surface area contributed by atoms with E-state index in [1.165, 1.54) is 0 Å². The number of anilines is 2. The van der Waals surface area contributed by atoms with Gasteiger partial charge < -0.3 is 10.6 Å². The summed E-state index contributed by atoms with van der Waals surface area (Å²) in [7, 11) is 0. The maximum absolute atomic E-state index is 12.4. The van der Waals surface area contributed by atoms with E-state index in [9.17, 15) is 9.59 Å². The number of hydrogen-bond acceptors (Lipinski definition) is 4. The standard InChI is InChI=1S/C20H23Cl2N3O2S/c1-3-10-25(12-19(26)23-15-5-7-16(28-2)8-6-15)13-20(27)24-18-9-4-14(21)11-17(18)22/h4-9,11H,3,10,12-13H2,1-2H3,(H,23,26)(H,24,27). The van der Waals surface area contributed by atoms with Crippen molar-refractivity contribution < 1.29 is 9.59 Å². The van der Waals surface area contributed by atoms with Crippen molar-refractivity contribution in [1.82, 2.24) is 4.90 Å². The minimum Gasteiger partial charge on any atom is -0.325 e. The van der Waals surface area contributed by atoms with Crippen LogP contribution < -0.4 is 10.6 Å². The maximum Gasteiger partial charge on any atom is 0.238 e. The molecule has 0 aliphatic carbocycles. The first-order valence-corrected chi connectivity index (χ1v) is 10.8. The van der Waals surface area contributed by atoms with Crippen LogP contribution in [0.3, 0.4) is 0 Å². The van der Waals surface area contributed by atoms with Gasteiger partial charge in [-0.25, -0.2) is 0 Å². The molecule has 0 aromatic heterocycles. The van der Waals surface area contributed by atoms with Crippen molar-refractivity contribution in [1.29, 1.82) is 0 Å². The predicted molar refractivity (Wildman–Crippen MR) is 119 cm³/mol. The van der Waals surface area contributed by atoms with Crippen LogP contribution in [0.2, 0.25) is 10.0 Å². The molecule has 0 bridgehead atoms. The zero-order valence-electron chi connectivity index (χ0n) is 15.8. The Morgan fingerprint density at radius 3 is 2.21 bits per heavy atom. The van der Waals surface area contributed by atoms with Crippen molar-refractivity contribution in [3.63, 3.8) is 0 Å². The van der Waals surface area contributed by atoms with E-state index in [0.29, 0.717) is 22.3 Å². The fourth-order valence-electron chi connectivity index (χ4n) is 2.59. The van der Waals surface area contributed by atoms with E-state index in [1.54, 1.807) is 34.9 Å². The molecule has 2 aromatic rings. The second-order valence-corrected chi connectivity index (χ2v) is 7.88. The van der Waals surface area contributed by atoms with Gasteiger partial charge in [0.05, 0.1) is 23.8 Å². The molecule has 2 aromatic carbocycles. The Morgan fingerprint density at radius 1 is 1.00 bits per heavy atom. The summed E-state index contributed by atoms with van der Waals surface area (Å²) in [5.74, 6) is -0.405. The highest BCUT2D eigenvalue weighted by Crippen LogP contribution is 2.25. The normalized spacial score (nSPS) is 10.8. The van der Waals surface area contributed by atoms with Crippen molar-refractivity contribution in [3.05, 3.63) is 52.5 Å². The van der Waals surface area contributed by atoms with E-state index < -0.39 is 0 Å². The highest BCUT2D eigenvalue weighted by Gasteiger charge is 2.15. The van der Waals surface area contributed by atoms with Crippen LogP contribution in [0.25, 0.3) is 0 Å². The molecule has 0 saturated carbocycles. The summed E-state index contributed by atoms with van der Waals surface area (Å²) in [5, 5.41) is 6.49. The molecule has 28 heavy (non-hydrogen) atoms. The number of carbonyl (C=O) groups excluding carboxylic acids is 2. The molecule has 0 aliphatic rings. The number of halogens is 2. The summed E-state index contributed by atoms with van der Waals surface area (Å²) in [6.07, 6.45) is 2.82. The second-order valence-electron chi connectivity index (χ2n) is 6.16. The summed E-state index contributed by atoms with van der Waals surface area (Å²) in [6.45, 7) is 2.84. The van der Waals surface area contributed by atoms with E-state index in [-0.39, 0.29) is 24.9 Å². The monoisotopic (exact) mass is 439 g/mol. The molecule has 0 aliphatic heterocycles. The Morgan fingerprint density at radius 2 is 1.64 bits per heavy atom. The maximum atomic E-state index is 12.4. The zero-order valence-corrected chi connectivity index (χ0v) is 18.1. The molecule has 0 fully saturated rings. The van der Waals surface area contributed by atoms with Gasteiger partial charge in [-0.3, -0.25) is 14.5 Å². The average Bonchev–Trinajstić information content (AvgIpc) is 2.64. The van der Waals surface area contributed by atoms with Crippen LogP contribution in [0.15, 0.2) is 47.4 Å². The molecule has 5 nitrogen and oxygen atoms in total. The number of hydrogen-bond donors (Lipinski definition) is 2. The van der Waals surface area contributed by atoms with Gasteiger partial charge in [0.2, 0.25) is 11.8 Å². The molecule has 2 amide bonds. The first kappa shape index (κ1) is 22.6. The number of amides is 2. The van der Waals surface area contributed by atoms with Gasteiger partial charge in [0.15, 0.2) is 0 Å². The van der Waals surface area contributed by atoms with Gasteiger partial charge in [-0.2, -0.15) is 0 Å². The zero-order chi connectivity index (χ0) is 20.5. The predicted octanol–water partition coefficient (Wildman–Crippen LogP) is 5.00. The van der Waals surface area contributed by atoms with Crippen LogP contribution in [-0.4, -0.2) is 42.6 Å². The smallest absolute Gasteiger partial charge is 0.238 e. The lowest BCUT2D eigenvalue weighted by molar-refractivity contribution is -0.120. The van der Waals surface area contributed by atoms with Crippen molar-refractivity contribution in [2.24, 2.45) is 0 Å². The number of carbonyl (C=O) groups is 2. The minimum absolute atomic E-state index is 0.0889. The molecular formula is C20H23Cl2N3O2S. The molecular weight excluding hydrogens is 417 g/mol. The molecule has 0 heterocycles. The number of thioether (sulfide) groups is 1. The Labute approximate surface area is 179 Å². The second kappa shape index (κ2) is 11.3. The topological polar surface area (TPSA) is 61.4 Å². The highest BCUT2D eigenvalue weighted by atomic mass is 35.5. The summed E-state index contributed by atoms with van der Waals surface area (Å²) >= 11 is 13.6. The Bertz CT molecular complexity index is 816. The Balaban J connectivity index is 1.91. The fourth-order valence-corrected chi connectivity index (χ4v) is 3.46. The van der Waals surface area contributed by atoms with E-state index in [0.717, 1.165) is 17.0 Å². The number of nitrogens with one attached hydrogen (secondary N) is 2. The van der Waals surface area contributed by atoms with Gasteiger partial charge in [-0.1, -0.05) is 30.1 Å². The van der Waals surface area contributed by atoms with E-state index in [4.69, 9.17) is 23.2 Å². The van der Waals surface area contributed by atoms with E-state index in [1.807, 2.05) is 37.4 Å². The molecule has 0 radical (unpaired) electrons. The molecule has 0 saturated heterocycles. The largest absolute Gasteiger partial charge is 0.325 e. The van der Waals surface area contributed by atoms with Gasteiger partial charge >= 0.3 is 0 Å². The number of nitrogens with zero attached hydrogens (tertiary/aromatic N) is 1. The molecule has 2 rings (SSSR count). The van der Waals surface area contributed by atoms with Crippen LogP contribution in [-0.2, 0) is 9.59 Å². The van der Waals surface area contributed by atoms with Crippen molar-refractivity contribution >= 4 is 58.2 Å². The first-order chi connectivity index (χ1) is 13.4. The lowest BCUT2D eigenvalue weighted by Gasteiger charge is -2.21. The van der Waals surface area contributed by atoms with Crippen molar-refractivity contribution in [3.8, 4) is 0 Å². The minimum atomic E-state index is -0.241. The van der Waals surface area contributed by atoms with Gasteiger partial charge in [0.25, 0.3) is 0 Å². The van der Waals surface area contributed by atoms with Crippen LogP contribution in [0.4, 0.5) is 11.4 Å². The molecule has 8 heteroatoms.